The van der Waals surface area contributed by atoms with Gasteiger partial charge in [-0.1, -0.05) is 13.8 Å². The molecule has 0 bridgehead atoms. The molecule has 0 aromatic carbocycles. The smallest absolute Gasteiger partial charge is 0.401 e. The number of allylic oxidation sites excluding steroid dienone is 1. The predicted molar refractivity (Wildman–Crippen MR) is 106 cm³/mol. The number of hydrogen-bond donors (Lipinski definition) is 5. The van der Waals surface area contributed by atoms with E-state index in [0.29, 0.717) is 19.5 Å². The maximum absolute atomic E-state index is 12.1. The molecule has 2 saturated heterocycles. The first-order valence-corrected chi connectivity index (χ1v) is 11.0. The van der Waals surface area contributed by atoms with Gasteiger partial charge in [0, 0.05) is 24.4 Å². The number of urea groups is 1. The Morgan fingerprint density at radius 2 is 1.96 bits per heavy atom. The van der Waals surface area contributed by atoms with Gasteiger partial charge in [-0.15, -0.1) is 4.28 Å². The molecule has 11 nitrogen and oxygen atoms in total. The largest absolute Gasteiger partial charge is 0.418 e. The number of likely N-dealkylation sites (tertiary alicyclic amines) is 1. The molecule has 2 heterocycles. The molecule has 0 saturated carbocycles. The van der Waals surface area contributed by atoms with Crippen LogP contribution in [0.15, 0.2) is 11.9 Å². The molecule has 0 radical (unpaired) electrons. The van der Waals surface area contributed by atoms with Crippen molar-refractivity contribution < 1.29 is 22.0 Å². The van der Waals surface area contributed by atoms with Crippen molar-refractivity contribution in [3.8, 4) is 0 Å². The minimum absolute atomic E-state index is 0.226. The van der Waals surface area contributed by atoms with E-state index >= 15 is 0 Å². The number of nitrogens with two attached hydrogens (primary N) is 2. The lowest BCUT2D eigenvalue weighted by Crippen LogP contribution is -2.53. The number of carbonyl (C=O) groups excluding carboxylic acids is 1. The van der Waals surface area contributed by atoms with Crippen molar-refractivity contribution in [2.75, 3.05) is 26.2 Å². The Kier molecular flexibility index (Phi) is 10.5. The Hall–Kier alpha value is -1.60. The van der Waals surface area contributed by atoms with Crippen molar-refractivity contribution >= 4 is 16.4 Å². The third-order valence-corrected chi connectivity index (χ3v) is 4.96. The lowest BCUT2D eigenvalue weighted by Gasteiger charge is -2.37. The number of nitrogens with zero attached hydrogens (tertiary/aromatic N) is 2. The lowest BCUT2D eigenvalue weighted by atomic mass is 9.95. The fraction of sp³-hybridized carbons (Fsp3) is 0.812. The summed E-state index contributed by atoms with van der Waals surface area (Å²) < 4.78 is 33.7. The molecule has 2 fully saturated rings. The minimum Gasteiger partial charge on any atom is -0.401 e. The van der Waals surface area contributed by atoms with Crippen LogP contribution in [-0.2, 0) is 14.7 Å². The topological polar surface area (TPSA) is 163 Å². The molecule has 7 N–H and O–H groups in total. The average Bonchev–Trinajstić information content (AvgIpc) is 2.68. The summed E-state index contributed by atoms with van der Waals surface area (Å²) in [5.41, 5.74) is 8.60. The van der Waals surface area contributed by atoms with Gasteiger partial charge in [-0.2, -0.15) is 13.9 Å². The molecular formula is C16H34N6O5S. The summed E-state index contributed by atoms with van der Waals surface area (Å²) in [6.07, 6.45) is 6.05. The summed E-state index contributed by atoms with van der Waals surface area (Å²) in [6.45, 7) is 6.64. The fourth-order valence-corrected chi connectivity index (χ4v) is 3.53. The van der Waals surface area contributed by atoms with E-state index < -0.39 is 16.4 Å². The second-order valence-electron chi connectivity index (χ2n) is 6.61. The number of rotatable bonds is 6. The highest BCUT2D eigenvalue weighted by Crippen LogP contribution is 2.20. The molecular weight excluding hydrogens is 388 g/mol. The van der Waals surface area contributed by atoms with Crippen molar-refractivity contribution in [2.24, 2.45) is 17.5 Å². The molecule has 1 unspecified atom stereocenters. The molecule has 164 valence electrons. The van der Waals surface area contributed by atoms with Gasteiger partial charge in [0.05, 0.1) is 12.6 Å². The van der Waals surface area contributed by atoms with Crippen molar-refractivity contribution in [2.45, 2.75) is 52.0 Å². The van der Waals surface area contributed by atoms with E-state index in [9.17, 15) is 13.2 Å². The van der Waals surface area contributed by atoms with Crippen LogP contribution in [0.2, 0.25) is 0 Å². The monoisotopic (exact) mass is 422 g/mol. The van der Waals surface area contributed by atoms with Crippen molar-refractivity contribution in [3.63, 3.8) is 0 Å². The number of carbonyl (C=O) groups is 1. The molecule has 12 heteroatoms. The maximum Gasteiger partial charge on any atom is 0.418 e. The predicted octanol–water partition coefficient (Wildman–Crippen LogP) is 0.287. The highest BCUT2D eigenvalue weighted by atomic mass is 32.3. The molecule has 0 aliphatic carbocycles. The molecule has 2 rings (SSSR count). The zero-order valence-electron chi connectivity index (χ0n) is 16.6. The Labute approximate surface area is 167 Å². The summed E-state index contributed by atoms with van der Waals surface area (Å²) in [7, 11) is -4.75. The highest BCUT2D eigenvalue weighted by molar-refractivity contribution is 7.80. The molecule has 0 aromatic heterocycles. The van der Waals surface area contributed by atoms with Crippen molar-refractivity contribution in [1.82, 2.24) is 20.7 Å². The van der Waals surface area contributed by atoms with Gasteiger partial charge in [0.1, 0.15) is 0 Å². The number of amides is 2. The van der Waals surface area contributed by atoms with E-state index in [4.69, 9.17) is 16.1 Å². The number of hydroxylamine groups is 1. The first-order chi connectivity index (χ1) is 13.3. The summed E-state index contributed by atoms with van der Waals surface area (Å²) in [5.74, 6) is 6.34. The first kappa shape index (κ1) is 24.4. The van der Waals surface area contributed by atoms with Crippen LogP contribution < -0.4 is 22.4 Å². The van der Waals surface area contributed by atoms with E-state index in [-0.39, 0.29) is 12.0 Å². The molecule has 2 aliphatic heterocycles. The van der Waals surface area contributed by atoms with E-state index in [1.807, 2.05) is 13.8 Å². The second-order valence-corrected chi connectivity index (χ2v) is 7.63. The number of piperidine rings is 2. The van der Waals surface area contributed by atoms with Crippen LogP contribution in [-0.4, -0.2) is 61.1 Å². The van der Waals surface area contributed by atoms with Gasteiger partial charge in [-0.05, 0) is 45.2 Å². The molecule has 0 aromatic rings. The van der Waals surface area contributed by atoms with Crippen LogP contribution in [0.3, 0.4) is 0 Å². The number of hydrazine groups is 1. The average molecular weight is 423 g/mol. The zero-order valence-corrected chi connectivity index (χ0v) is 17.5. The van der Waals surface area contributed by atoms with E-state index in [0.717, 1.165) is 44.5 Å². The van der Waals surface area contributed by atoms with Crippen molar-refractivity contribution in [3.05, 3.63) is 11.9 Å². The Bertz CT molecular complexity index is 609. The molecule has 2 aliphatic rings. The third-order valence-electron chi connectivity index (χ3n) is 4.67. The van der Waals surface area contributed by atoms with Gasteiger partial charge < -0.3 is 21.0 Å². The lowest BCUT2D eigenvalue weighted by molar-refractivity contribution is 0.0976. The maximum atomic E-state index is 12.1. The third kappa shape index (κ3) is 8.61. The fourth-order valence-electron chi connectivity index (χ4n) is 3.35. The highest BCUT2D eigenvalue weighted by Gasteiger charge is 2.28. The molecule has 1 atom stereocenters. The van der Waals surface area contributed by atoms with Gasteiger partial charge in [0.2, 0.25) is 0 Å². The Morgan fingerprint density at radius 3 is 2.57 bits per heavy atom. The second kappa shape index (κ2) is 12.1. The number of hydrogen-bond acceptors (Lipinski definition) is 8. The van der Waals surface area contributed by atoms with E-state index in [1.165, 1.54) is 9.91 Å². The summed E-state index contributed by atoms with van der Waals surface area (Å²) in [5, 5.41) is 4.75. The van der Waals surface area contributed by atoms with Crippen LogP contribution in [0, 0.1) is 5.92 Å². The molecule has 2 amide bonds. The summed E-state index contributed by atoms with van der Waals surface area (Å²) in [6, 6.07) is -0.966. The SMILES string of the molecule is CC.N/C(=C\N(N)CC1CCCCN1C(=O)NOS(=O)(=O)O)C1CCNCC1. The normalized spacial score (nSPS) is 21.5. The minimum atomic E-state index is -4.75. The molecule has 0 spiro atoms. The Morgan fingerprint density at radius 1 is 1.32 bits per heavy atom. The van der Waals surface area contributed by atoms with Crippen molar-refractivity contribution in [1.29, 1.82) is 0 Å². The van der Waals surface area contributed by atoms with Crippen LogP contribution in [0.1, 0.15) is 46.0 Å². The van der Waals surface area contributed by atoms with Gasteiger partial charge in [0.25, 0.3) is 0 Å². The number of nitrogens with one attached hydrogen (secondary N) is 2. The summed E-state index contributed by atoms with van der Waals surface area (Å²) >= 11 is 0. The van der Waals surface area contributed by atoms with Gasteiger partial charge in [-0.25, -0.2) is 10.6 Å². The standard InChI is InChI=1S/C14H28N6O5S.C2H6/c15-13(11-4-6-17-7-5-11)10-19(16)9-12-3-1-2-8-20(12)14(21)18-25-26(22,23)24;1-2/h10-12,17H,1-9,15-16H2,(H,18,21)(H,22,23,24);1-2H3/b13-10-;. The Balaban J connectivity index is 0.00000190. The van der Waals surface area contributed by atoms with Gasteiger partial charge in [-0.3, -0.25) is 4.55 Å². The van der Waals surface area contributed by atoms with Crippen LogP contribution in [0.5, 0.6) is 0 Å². The van der Waals surface area contributed by atoms with Gasteiger partial charge in [0.15, 0.2) is 0 Å². The summed E-state index contributed by atoms with van der Waals surface area (Å²) in [4.78, 5) is 13.6. The quantitative estimate of drug-likeness (QED) is 0.230. The van der Waals surface area contributed by atoms with Gasteiger partial charge >= 0.3 is 16.4 Å². The zero-order chi connectivity index (χ0) is 21.2. The first-order valence-electron chi connectivity index (χ1n) is 9.68. The van der Waals surface area contributed by atoms with Crippen LogP contribution in [0.4, 0.5) is 4.79 Å². The van der Waals surface area contributed by atoms with E-state index in [1.54, 1.807) is 11.7 Å². The van der Waals surface area contributed by atoms with Crippen LogP contribution in [0.25, 0.3) is 0 Å². The van der Waals surface area contributed by atoms with E-state index in [2.05, 4.69) is 9.60 Å². The van der Waals surface area contributed by atoms with Crippen LogP contribution >= 0.6 is 0 Å². The molecule has 28 heavy (non-hydrogen) atoms.